The highest BCUT2D eigenvalue weighted by molar-refractivity contribution is 5.90. The predicted molar refractivity (Wildman–Crippen MR) is 55.7 cm³/mol. The lowest BCUT2D eigenvalue weighted by atomic mass is 10.2. The van der Waals surface area contributed by atoms with Crippen LogP contribution in [0.15, 0.2) is 30.5 Å². The van der Waals surface area contributed by atoms with Crippen molar-refractivity contribution in [2.24, 2.45) is 0 Å². The molecule has 5 heteroatoms. The molecule has 2 rings (SSSR count). The molecule has 2 aromatic heterocycles. The molecule has 0 bridgehead atoms. The Labute approximate surface area is 86.6 Å². The minimum absolute atomic E-state index is 0.0599. The lowest BCUT2D eigenvalue weighted by molar-refractivity contribution is 0.399. The molecule has 76 valence electrons. The smallest absolute Gasteiger partial charge is 0.231 e. The van der Waals surface area contributed by atoms with E-state index in [-0.39, 0.29) is 5.90 Å². The fourth-order valence-corrected chi connectivity index (χ4v) is 1.19. The zero-order chi connectivity index (χ0) is 10.7. The van der Waals surface area contributed by atoms with E-state index in [0.717, 1.165) is 5.69 Å². The number of aromatic amines is 1. The van der Waals surface area contributed by atoms with Crippen molar-refractivity contribution >= 4 is 5.90 Å². The molecule has 0 spiro atoms. The number of H-pyrrole nitrogens is 1. The van der Waals surface area contributed by atoms with E-state index in [9.17, 15) is 0 Å². The second kappa shape index (κ2) is 3.91. The van der Waals surface area contributed by atoms with Crippen LogP contribution in [0.1, 0.15) is 5.69 Å². The summed E-state index contributed by atoms with van der Waals surface area (Å²) in [7, 11) is 1.45. The first-order valence-electron chi connectivity index (χ1n) is 4.41. The van der Waals surface area contributed by atoms with Gasteiger partial charge in [0.1, 0.15) is 11.4 Å². The van der Waals surface area contributed by atoms with Crippen LogP contribution in [0.2, 0.25) is 0 Å². The van der Waals surface area contributed by atoms with Crippen molar-refractivity contribution in [3.8, 4) is 11.4 Å². The van der Waals surface area contributed by atoms with Gasteiger partial charge in [0.2, 0.25) is 5.90 Å². The third-order valence-electron chi connectivity index (χ3n) is 1.95. The predicted octanol–water partition coefficient (Wildman–Crippen LogP) is 1.44. The second-order valence-corrected chi connectivity index (χ2v) is 2.92. The van der Waals surface area contributed by atoms with Crippen LogP contribution in [0.3, 0.4) is 0 Å². The molecule has 0 aliphatic rings. The lowest BCUT2D eigenvalue weighted by Crippen LogP contribution is -2.00. The van der Waals surface area contributed by atoms with Gasteiger partial charge in [0.05, 0.1) is 12.8 Å². The van der Waals surface area contributed by atoms with Crippen LogP contribution in [0.5, 0.6) is 0 Å². The van der Waals surface area contributed by atoms with Crippen LogP contribution < -0.4 is 0 Å². The Morgan fingerprint density at radius 2 is 2.27 bits per heavy atom. The first-order chi connectivity index (χ1) is 7.31. The molecule has 2 N–H and O–H groups in total. The lowest BCUT2D eigenvalue weighted by Gasteiger charge is -1.95. The molecular formula is C10H10N4O. The summed E-state index contributed by atoms with van der Waals surface area (Å²) in [5.41, 5.74) is 2.01. The summed E-state index contributed by atoms with van der Waals surface area (Å²) in [4.78, 5) is 4.15. The SMILES string of the molecule is COC(=N)c1cc(-c2ccccn2)n[nH]1. The minimum atomic E-state index is 0.0599. The van der Waals surface area contributed by atoms with Gasteiger partial charge in [-0.1, -0.05) is 6.07 Å². The van der Waals surface area contributed by atoms with E-state index in [1.54, 1.807) is 12.3 Å². The number of hydrogen-bond acceptors (Lipinski definition) is 4. The zero-order valence-corrected chi connectivity index (χ0v) is 8.19. The van der Waals surface area contributed by atoms with Crippen molar-refractivity contribution in [2.75, 3.05) is 7.11 Å². The summed E-state index contributed by atoms with van der Waals surface area (Å²) >= 11 is 0. The molecule has 0 saturated heterocycles. The van der Waals surface area contributed by atoms with Gasteiger partial charge in [0, 0.05) is 6.20 Å². The van der Waals surface area contributed by atoms with E-state index in [4.69, 9.17) is 10.1 Å². The summed E-state index contributed by atoms with van der Waals surface area (Å²) in [5.74, 6) is 0.0599. The maximum Gasteiger partial charge on any atom is 0.231 e. The van der Waals surface area contributed by atoms with Gasteiger partial charge in [-0.05, 0) is 18.2 Å². The topological polar surface area (TPSA) is 74.7 Å². The van der Waals surface area contributed by atoms with E-state index in [1.807, 2.05) is 18.2 Å². The molecule has 0 fully saturated rings. The zero-order valence-electron chi connectivity index (χ0n) is 8.19. The van der Waals surface area contributed by atoms with Gasteiger partial charge in [0.25, 0.3) is 0 Å². The number of aromatic nitrogens is 3. The maximum absolute atomic E-state index is 7.44. The monoisotopic (exact) mass is 202 g/mol. The van der Waals surface area contributed by atoms with E-state index < -0.39 is 0 Å². The normalized spacial score (nSPS) is 9.93. The van der Waals surface area contributed by atoms with Crippen LogP contribution in [0.4, 0.5) is 0 Å². The van der Waals surface area contributed by atoms with E-state index >= 15 is 0 Å². The standard InChI is InChI=1S/C10H10N4O/c1-15-10(11)9-6-8(13-14-9)7-4-2-3-5-12-7/h2-6,11H,1H3,(H,13,14). The molecule has 15 heavy (non-hydrogen) atoms. The minimum Gasteiger partial charge on any atom is -0.480 e. The van der Waals surface area contributed by atoms with E-state index in [2.05, 4.69) is 15.2 Å². The Morgan fingerprint density at radius 1 is 1.40 bits per heavy atom. The Kier molecular flexibility index (Phi) is 2.45. The van der Waals surface area contributed by atoms with Gasteiger partial charge >= 0.3 is 0 Å². The quantitative estimate of drug-likeness (QED) is 0.571. The summed E-state index contributed by atoms with van der Waals surface area (Å²) in [6.07, 6.45) is 1.70. The highest BCUT2D eigenvalue weighted by atomic mass is 16.5. The van der Waals surface area contributed by atoms with Gasteiger partial charge in [0.15, 0.2) is 0 Å². The van der Waals surface area contributed by atoms with Gasteiger partial charge in [-0.25, -0.2) is 0 Å². The number of nitrogens with zero attached hydrogens (tertiary/aromatic N) is 2. The molecule has 2 aromatic rings. The molecule has 0 atom stereocenters. The van der Waals surface area contributed by atoms with Crippen LogP contribution in [0, 0.1) is 5.41 Å². The number of pyridine rings is 1. The number of hydrogen-bond donors (Lipinski definition) is 2. The fourth-order valence-electron chi connectivity index (χ4n) is 1.19. The summed E-state index contributed by atoms with van der Waals surface area (Å²) in [6, 6.07) is 7.32. The summed E-state index contributed by atoms with van der Waals surface area (Å²) in [5, 5.41) is 14.2. The van der Waals surface area contributed by atoms with E-state index in [1.165, 1.54) is 7.11 Å². The van der Waals surface area contributed by atoms with Crippen molar-refractivity contribution in [3.05, 3.63) is 36.2 Å². The molecule has 5 nitrogen and oxygen atoms in total. The van der Waals surface area contributed by atoms with Gasteiger partial charge < -0.3 is 4.74 Å². The number of ether oxygens (including phenoxy) is 1. The van der Waals surface area contributed by atoms with Crippen molar-refractivity contribution in [1.82, 2.24) is 15.2 Å². The number of rotatable bonds is 2. The third kappa shape index (κ3) is 1.85. The largest absolute Gasteiger partial charge is 0.480 e. The van der Waals surface area contributed by atoms with Gasteiger partial charge in [-0.2, -0.15) is 5.10 Å². The molecule has 0 aliphatic heterocycles. The highest BCUT2D eigenvalue weighted by Crippen LogP contribution is 2.14. The molecular weight excluding hydrogens is 192 g/mol. The van der Waals surface area contributed by atoms with Crippen molar-refractivity contribution in [2.45, 2.75) is 0 Å². The van der Waals surface area contributed by atoms with Crippen LogP contribution in [0.25, 0.3) is 11.4 Å². The molecule has 0 amide bonds. The van der Waals surface area contributed by atoms with Crippen LogP contribution in [-0.2, 0) is 4.74 Å². The van der Waals surface area contributed by atoms with Crippen molar-refractivity contribution in [1.29, 1.82) is 5.41 Å². The number of methoxy groups -OCH3 is 1. The number of nitrogens with one attached hydrogen (secondary N) is 2. The van der Waals surface area contributed by atoms with Gasteiger partial charge in [-0.15, -0.1) is 0 Å². The van der Waals surface area contributed by atoms with Crippen molar-refractivity contribution < 1.29 is 4.74 Å². The molecule has 0 saturated carbocycles. The first-order valence-corrected chi connectivity index (χ1v) is 4.41. The second-order valence-electron chi connectivity index (χ2n) is 2.92. The molecule has 0 radical (unpaired) electrons. The maximum atomic E-state index is 7.44. The third-order valence-corrected chi connectivity index (χ3v) is 1.95. The first kappa shape index (κ1) is 9.39. The molecule has 0 aromatic carbocycles. The Bertz CT molecular complexity index is 463. The Hall–Kier alpha value is -2.17. The average Bonchev–Trinajstić information content (AvgIpc) is 2.78. The summed E-state index contributed by atoms with van der Waals surface area (Å²) in [6.45, 7) is 0. The highest BCUT2D eigenvalue weighted by Gasteiger charge is 2.08. The van der Waals surface area contributed by atoms with Gasteiger partial charge in [-0.3, -0.25) is 15.5 Å². The Morgan fingerprint density at radius 3 is 2.93 bits per heavy atom. The van der Waals surface area contributed by atoms with E-state index in [0.29, 0.717) is 11.4 Å². The molecule has 2 heterocycles. The summed E-state index contributed by atoms with van der Waals surface area (Å²) < 4.78 is 4.78. The molecule has 0 unspecified atom stereocenters. The van der Waals surface area contributed by atoms with Crippen molar-refractivity contribution in [3.63, 3.8) is 0 Å². The Balaban J connectivity index is 2.32. The fraction of sp³-hybridized carbons (Fsp3) is 0.100. The average molecular weight is 202 g/mol. The van der Waals surface area contributed by atoms with Crippen LogP contribution in [-0.4, -0.2) is 28.2 Å². The molecule has 0 aliphatic carbocycles. The van der Waals surface area contributed by atoms with Crippen LogP contribution >= 0.6 is 0 Å².